The van der Waals surface area contributed by atoms with E-state index in [4.69, 9.17) is 0 Å². The number of anilines is 3. The first kappa shape index (κ1) is 21.6. The molecule has 2 aromatic rings. The first-order valence-corrected chi connectivity index (χ1v) is 11.7. The summed E-state index contributed by atoms with van der Waals surface area (Å²) in [7, 11) is 4.32. The molecule has 2 aliphatic heterocycles. The third kappa shape index (κ3) is 5.34. The maximum atomic E-state index is 12.5. The maximum absolute atomic E-state index is 12.5. The first-order chi connectivity index (χ1) is 15.0. The number of hydrogen-bond donors (Lipinski definition) is 2. The number of benzene rings is 1. The van der Waals surface area contributed by atoms with Gasteiger partial charge in [0.05, 0.1) is 12.1 Å². The van der Waals surface area contributed by atoms with Crippen molar-refractivity contribution < 1.29 is 9.59 Å². The zero-order chi connectivity index (χ0) is 21.8. The quantitative estimate of drug-likeness (QED) is 0.719. The lowest BCUT2D eigenvalue weighted by Crippen LogP contribution is -2.46. The summed E-state index contributed by atoms with van der Waals surface area (Å²) in [5, 5.41) is 8.25. The predicted octanol–water partition coefficient (Wildman–Crippen LogP) is 2.77. The monoisotopic (exact) mass is 442 g/mol. The van der Waals surface area contributed by atoms with Gasteiger partial charge in [0.25, 0.3) is 0 Å². The van der Waals surface area contributed by atoms with Crippen molar-refractivity contribution in [1.29, 1.82) is 0 Å². The Kier molecular flexibility index (Phi) is 6.72. The molecular weight excluding hydrogens is 412 g/mol. The van der Waals surface area contributed by atoms with E-state index in [-0.39, 0.29) is 18.4 Å². The van der Waals surface area contributed by atoms with Gasteiger partial charge in [0.1, 0.15) is 0 Å². The second kappa shape index (κ2) is 9.65. The van der Waals surface area contributed by atoms with Crippen LogP contribution in [-0.4, -0.2) is 68.1 Å². The summed E-state index contributed by atoms with van der Waals surface area (Å²) in [5.74, 6) is -0.114. The van der Waals surface area contributed by atoms with Crippen LogP contribution in [0.25, 0.3) is 0 Å². The fourth-order valence-electron chi connectivity index (χ4n) is 4.06. The van der Waals surface area contributed by atoms with Crippen LogP contribution in [0, 0.1) is 0 Å². The number of hydrogen-bond acceptors (Lipinski definition) is 6. The molecule has 9 heteroatoms. The minimum Gasteiger partial charge on any atom is -0.372 e. The Balaban J connectivity index is 1.30. The van der Waals surface area contributed by atoms with Gasteiger partial charge < -0.3 is 20.4 Å². The van der Waals surface area contributed by atoms with Crippen molar-refractivity contribution >= 4 is 39.8 Å². The van der Waals surface area contributed by atoms with Gasteiger partial charge in [-0.1, -0.05) is 0 Å². The van der Waals surface area contributed by atoms with Crippen LogP contribution in [0.3, 0.4) is 0 Å². The third-order valence-corrected chi connectivity index (χ3v) is 6.90. The molecule has 0 bridgehead atoms. The summed E-state index contributed by atoms with van der Waals surface area (Å²) in [6, 6.07) is 8.44. The molecule has 1 aromatic carbocycles. The van der Waals surface area contributed by atoms with Gasteiger partial charge in [0.2, 0.25) is 5.91 Å². The minimum absolute atomic E-state index is 0.114. The van der Waals surface area contributed by atoms with Gasteiger partial charge in [0, 0.05) is 42.9 Å². The van der Waals surface area contributed by atoms with Gasteiger partial charge in [-0.05, 0) is 63.7 Å². The summed E-state index contributed by atoms with van der Waals surface area (Å²) in [6.45, 7) is 3.61. The van der Waals surface area contributed by atoms with Gasteiger partial charge in [-0.25, -0.2) is 9.78 Å². The lowest BCUT2D eigenvalue weighted by Gasteiger charge is -2.36. The Morgan fingerprint density at radius 3 is 2.71 bits per heavy atom. The highest BCUT2D eigenvalue weighted by atomic mass is 32.1. The molecule has 4 rings (SSSR count). The van der Waals surface area contributed by atoms with Crippen molar-refractivity contribution in [2.75, 3.05) is 55.4 Å². The molecule has 2 N–H and O–H groups in total. The molecular formula is C22H30N6O2S. The molecule has 166 valence electrons. The molecule has 0 radical (unpaired) electrons. The molecule has 2 fully saturated rings. The molecule has 3 amide bonds. The van der Waals surface area contributed by atoms with Crippen molar-refractivity contribution in [2.45, 2.75) is 31.7 Å². The summed E-state index contributed by atoms with van der Waals surface area (Å²) in [4.78, 5) is 35.2. The zero-order valence-corrected chi connectivity index (χ0v) is 19.0. The van der Waals surface area contributed by atoms with E-state index in [1.54, 1.807) is 4.90 Å². The second-order valence-electron chi connectivity index (χ2n) is 8.28. The van der Waals surface area contributed by atoms with Crippen LogP contribution in [0.2, 0.25) is 0 Å². The molecule has 1 aromatic heterocycles. The van der Waals surface area contributed by atoms with Gasteiger partial charge in [0.15, 0.2) is 5.13 Å². The lowest BCUT2D eigenvalue weighted by atomic mass is 10.0. The van der Waals surface area contributed by atoms with E-state index < -0.39 is 0 Å². The van der Waals surface area contributed by atoms with Gasteiger partial charge in [-0.15, -0.1) is 11.3 Å². The van der Waals surface area contributed by atoms with Crippen molar-refractivity contribution in [1.82, 2.24) is 15.2 Å². The molecule has 0 spiro atoms. The number of piperidine rings is 1. The number of urea groups is 1. The maximum Gasteiger partial charge on any atom is 0.323 e. The highest BCUT2D eigenvalue weighted by molar-refractivity contribution is 7.14. The first-order valence-electron chi connectivity index (χ1n) is 10.8. The van der Waals surface area contributed by atoms with Crippen LogP contribution in [-0.2, 0) is 11.2 Å². The van der Waals surface area contributed by atoms with Gasteiger partial charge >= 0.3 is 6.03 Å². The molecule has 31 heavy (non-hydrogen) atoms. The SMILES string of the molecule is CN1CCC(N(C)c2ccc(NC(=O)Cc3csc(N4CCCNC4=O)n3)cc2)CC1. The second-order valence-corrected chi connectivity index (χ2v) is 9.11. The summed E-state index contributed by atoms with van der Waals surface area (Å²) in [6.07, 6.45) is 3.41. The zero-order valence-electron chi connectivity index (χ0n) is 18.1. The Bertz CT molecular complexity index is 907. The normalized spacial score (nSPS) is 18.0. The van der Waals surface area contributed by atoms with Crippen molar-refractivity contribution in [2.24, 2.45) is 0 Å². The molecule has 3 heterocycles. The van der Waals surface area contributed by atoms with E-state index >= 15 is 0 Å². The van der Waals surface area contributed by atoms with E-state index in [1.807, 2.05) is 17.5 Å². The number of thiazole rings is 1. The molecule has 0 atom stereocenters. The number of nitrogens with zero attached hydrogens (tertiary/aromatic N) is 4. The Morgan fingerprint density at radius 2 is 2.00 bits per heavy atom. The fraction of sp³-hybridized carbons (Fsp3) is 0.500. The van der Waals surface area contributed by atoms with Crippen LogP contribution in [0.5, 0.6) is 0 Å². The van der Waals surface area contributed by atoms with Crippen LogP contribution in [0.15, 0.2) is 29.6 Å². The largest absolute Gasteiger partial charge is 0.372 e. The summed E-state index contributed by atoms with van der Waals surface area (Å²) in [5.41, 5.74) is 2.61. The van der Waals surface area contributed by atoms with Gasteiger partial charge in [-0.3, -0.25) is 9.69 Å². The predicted molar refractivity (Wildman–Crippen MR) is 125 cm³/mol. The highest BCUT2D eigenvalue weighted by Gasteiger charge is 2.23. The number of carbonyl (C=O) groups is 2. The van der Waals surface area contributed by atoms with E-state index in [1.165, 1.54) is 24.2 Å². The van der Waals surface area contributed by atoms with Crippen LogP contribution in [0.1, 0.15) is 25.0 Å². The average molecular weight is 443 g/mol. The molecule has 0 unspecified atom stereocenters. The Morgan fingerprint density at radius 1 is 1.26 bits per heavy atom. The van der Waals surface area contributed by atoms with E-state index in [0.29, 0.717) is 30.0 Å². The van der Waals surface area contributed by atoms with Crippen LogP contribution in [0.4, 0.5) is 21.3 Å². The fourth-order valence-corrected chi connectivity index (χ4v) is 4.90. The Hall–Kier alpha value is -2.65. The van der Waals surface area contributed by atoms with Gasteiger partial charge in [-0.2, -0.15) is 0 Å². The number of likely N-dealkylation sites (tertiary alicyclic amines) is 1. The standard InChI is InChI=1S/C22H30N6O2S/c1-26-12-8-19(9-13-26)27(2)18-6-4-16(5-7-18)24-20(29)14-17-15-31-22(25-17)28-11-3-10-23-21(28)30/h4-7,15,19H,3,8-14H2,1-2H3,(H,23,30)(H,24,29). The molecule has 8 nitrogen and oxygen atoms in total. The minimum atomic E-state index is -0.123. The lowest BCUT2D eigenvalue weighted by molar-refractivity contribution is -0.115. The summed E-state index contributed by atoms with van der Waals surface area (Å²) < 4.78 is 0. The molecule has 0 saturated carbocycles. The third-order valence-electron chi connectivity index (χ3n) is 5.99. The number of amides is 3. The average Bonchev–Trinajstić information content (AvgIpc) is 3.22. The number of rotatable bonds is 6. The van der Waals surface area contributed by atoms with Crippen molar-refractivity contribution in [3.8, 4) is 0 Å². The van der Waals surface area contributed by atoms with Crippen LogP contribution < -0.4 is 20.4 Å². The highest BCUT2D eigenvalue weighted by Crippen LogP contribution is 2.24. The molecule has 2 aliphatic rings. The molecule has 2 saturated heterocycles. The van der Waals surface area contributed by atoms with Crippen molar-refractivity contribution in [3.05, 3.63) is 35.3 Å². The number of aromatic nitrogens is 1. The number of nitrogens with one attached hydrogen (secondary N) is 2. The van der Waals surface area contributed by atoms with Crippen LogP contribution >= 0.6 is 11.3 Å². The smallest absolute Gasteiger partial charge is 0.323 e. The summed E-state index contributed by atoms with van der Waals surface area (Å²) >= 11 is 1.39. The van der Waals surface area contributed by atoms with E-state index in [9.17, 15) is 9.59 Å². The van der Waals surface area contributed by atoms with E-state index in [0.717, 1.165) is 30.9 Å². The molecule has 0 aliphatic carbocycles. The topological polar surface area (TPSA) is 80.8 Å². The number of carbonyl (C=O) groups excluding carboxylic acids is 2. The van der Waals surface area contributed by atoms with Crippen molar-refractivity contribution in [3.63, 3.8) is 0 Å². The van der Waals surface area contributed by atoms with E-state index in [2.05, 4.69) is 51.6 Å². The Labute approximate surface area is 187 Å².